The SMILES string of the molecule is NC(=O)NNC(=O)c1ccccc1I. The molecule has 0 aliphatic heterocycles. The summed E-state index contributed by atoms with van der Waals surface area (Å²) in [6.45, 7) is 0. The van der Waals surface area contributed by atoms with Gasteiger partial charge < -0.3 is 5.73 Å². The first-order valence-corrected chi connectivity index (χ1v) is 4.79. The number of halogens is 1. The fourth-order valence-corrected chi connectivity index (χ4v) is 1.46. The minimum absolute atomic E-state index is 0.395. The fourth-order valence-electron chi connectivity index (χ4n) is 0.831. The Morgan fingerprint density at radius 1 is 1.21 bits per heavy atom. The van der Waals surface area contributed by atoms with E-state index in [-0.39, 0.29) is 0 Å². The maximum atomic E-state index is 11.4. The molecular weight excluding hydrogens is 297 g/mol. The van der Waals surface area contributed by atoms with Gasteiger partial charge in [-0.1, -0.05) is 12.1 Å². The number of nitrogens with two attached hydrogens (primary N) is 1. The topological polar surface area (TPSA) is 84.2 Å². The van der Waals surface area contributed by atoms with E-state index in [0.29, 0.717) is 5.56 Å². The summed E-state index contributed by atoms with van der Waals surface area (Å²) in [4.78, 5) is 21.7. The molecule has 0 bridgehead atoms. The number of hydrogen-bond donors (Lipinski definition) is 3. The number of urea groups is 1. The predicted molar refractivity (Wildman–Crippen MR) is 59.3 cm³/mol. The third-order valence-electron chi connectivity index (χ3n) is 1.42. The van der Waals surface area contributed by atoms with Gasteiger partial charge in [0.05, 0.1) is 5.56 Å². The van der Waals surface area contributed by atoms with Gasteiger partial charge in [0.15, 0.2) is 0 Å². The van der Waals surface area contributed by atoms with Crippen molar-refractivity contribution >= 4 is 34.5 Å². The number of benzene rings is 1. The minimum Gasteiger partial charge on any atom is -0.350 e. The largest absolute Gasteiger partial charge is 0.350 e. The standard InChI is InChI=1S/C8H8IN3O2/c9-6-4-2-1-3-5(6)7(13)11-12-8(10)14/h1-4H,(H,11,13)(H3,10,12,14). The molecule has 0 fully saturated rings. The number of primary amides is 1. The van der Waals surface area contributed by atoms with Crippen LogP contribution in [-0.4, -0.2) is 11.9 Å². The second-order valence-electron chi connectivity index (χ2n) is 2.42. The van der Waals surface area contributed by atoms with Crippen molar-refractivity contribution in [1.82, 2.24) is 10.9 Å². The summed E-state index contributed by atoms with van der Waals surface area (Å²) in [6, 6.07) is 6.20. The van der Waals surface area contributed by atoms with E-state index in [1.165, 1.54) is 0 Å². The zero-order valence-electron chi connectivity index (χ0n) is 7.08. The number of carbonyl (C=O) groups excluding carboxylic acids is 2. The Kier molecular flexibility index (Phi) is 3.69. The van der Waals surface area contributed by atoms with E-state index >= 15 is 0 Å². The summed E-state index contributed by atoms with van der Waals surface area (Å²) >= 11 is 2.03. The first-order valence-electron chi connectivity index (χ1n) is 3.71. The number of rotatable bonds is 1. The van der Waals surface area contributed by atoms with E-state index < -0.39 is 11.9 Å². The van der Waals surface area contributed by atoms with Gasteiger partial charge in [-0.05, 0) is 34.7 Å². The summed E-state index contributed by atoms with van der Waals surface area (Å²) in [7, 11) is 0. The molecule has 0 aromatic heterocycles. The van der Waals surface area contributed by atoms with Gasteiger partial charge in [0.2, 0.25) is 0 Å². The van der Waals surface area contributed by atoms with Crippen LogP contribution in [0.1, 0.15) is 10.4 Å². The van der Waals surface area contributed by atoms with Gasteiger partial charge in [0.25, 0.3) is 5.91 Å². The van der Waals surface area contributed by atoms with E-state index in [0.717, 1.165) is 3.57 Å². The zero-order chi connectivity index (χ0) is 10.6. The fraction of sp³-hybridized carbons (Fsp3) is 0. The highest BCUT2D eigenvalue weighted by Gasteiger charge is 2.08. The van der Waals surface area contributed by atoms with E-state index in [1.807, 2.05) is 34.1 Å². The molecule has 14 heavy (non-hydrogen) atoms. The Labute approximate surface area is 94.2 Å². The number of hydrogen-bond acceptors (Lipinski definition) is 2. The number of hydrazine groups is 1. The normalized spacial score (nSPS) is 9.21. The van der Waals surface area contributed by atoms with Gasteiger partial charge in [-0.15, -0.1) is 0 Å². The van der Waals surface area contributed by atoms with Gasteiger partial charge in [-0.3, -0.25) is 10.2 Å². The molecule has 4 N–H and O–H groups in total. The molecule has 0 unspecified atom stereocenters. The molecule has 74 valence electrons. The monoisotopic (exact) mass is 305 g/mol. The van der Waals surface area contributed by atoms with Crippen molar-refractivity contribution in [2.45, 2.75) is 0 Å². The molecule has 0 saturated carbocycles. The lowest BCUT2D eigenvalue weighted by Crippen LogP contribution is -2.44. The third kappa shape index (κ3) is 2.87. The smallest absolute Gasteiger partial charge is 0.330 e. The van der Waals surface area contributed by atoms with Crippen LogP contribution in [0.5, 0.6) is 0 Å². The molecule has 1 rings (SSSR count). The van der Waals surface area contributed by atoms with Crippen LogP contribution in [0.25, 0.3) is 0 Å². The van der Waals surface area contributed by atoms with Gasteiger partial charge in [-0.2, -0.15) is 0 Å². The molecule has 0 saturated heterocycles. The first kappa shape index (κ1) is 10.8. The molecule has 0 aliphatic rings. The van der Waals surface area contributed by atoms with Gasteiger partial charge in [-0.25, -0.2) is 10.2 Å². The van der Waals surface area contributed by atoms with Crippen LogP contribution in [0.3, 0.4) is 0 Å². The van der Waals surface area contributed by atoms with Crippen molar-refractivity contribution in [3.05, 3.63) is 33.4 Å². The van der Waals surface area contributed by atoms with Crippen LogP contribution in [0.4, 0.5) is 4.79 Å². The van der Waals surface area contributed by atoms with Crippen LogP contribution in [0, 0.1) is 3.57 Å². The Morgan fingerprint density at radius 3 is 2.43 bits per heavy atom. The maximum Gasteiger partial charge on any atom is 0.330 e. The average molecular weight is 305 g/mol. The van der Waals surface area contributed by atoms with E-state index in [2.05, 4.69) is 5.43 Å². The first-order chi connectivity index (χ1) is 6.61. The molecule has 0 spiro atoms. The van der Waals surface area contributed by atoms with Crippen molar-refractivity contribution in [3.8, 4) is 0 Å². The summed E-state index contributed by atoms with van der Waals surface area (Å²) in [5.74, 6) is -0.395. The van der Waals surface area contributed by atoms with Crippen LogP contribution in [0.2, 0.25) is 0 Å². The average Bonchev–Trinajstić information content (AvgIpc) is 2.15. The number of amides is 3. The van der Waals surface area contributed by atoms with Crippen molar-refractivity contribution in [1.29, 1.82) is 0 Å². The molecule has 0 heterocycles. The Hall–Kier alpha value is -1.31. The maximum absolute atomic E-state index is 11.4. The predicted octanol–water partition coefficient (Wildman–Crippen LogP) is 0.604. The lowest BCUT2D eigenvalue weighted by molar-refractivity contribution is 0.0936. The van der Waals surface area contributed by atoms with Gasteiger partial charge in [0.1, 0.15) is 0 Å². The molecular formula is C8H8IN3O2. The van der Waals surface area contributed by atoms with E-state index in [9.17, 15) is 9.59 Å². The van der Waals surface area contributed by atoms with Crippen LogP contribution < -0.4 is 16.6 Å². The lowest BCUT2D eigenvalue weighted by atomic mass is 10.2. The third-order valence-corrected chi connectivity index (χ3v) is 2.36. The van der Waals surface area contributed by atoms with Crippen molar-refractivity contribution < 1.29 is 9.59 Å². The highest BCUT2D eigenvalue weighted by Crippen LogP contribution is 2.10. The molecule has 5 nitrogen and oxygen atoms in total. The van der Waals surface area contributed by atoms with Gasteiger partial charge in [0, 0.05) is 3.57 Å². The quantitative estimate of drug-likeness (QED) is 0.524. The highest BCUT2D eigenvalue weighted by atomic mass is 127. The van der Waals surface area contributed by atoms with Gasteiger partial charge >= 0.3 is 6.03 Å². The van der Waals surface area contributed by atoms with E-state index in [1.54, 1.807) is 18.2 Å². The molecule has 0 aliphatic carbocycles. The molecule has 0 atom stereocenters. The summed E-state index contributed by atoms with van der Waals surface area (Å²) in [5, 5.41) is 0. The second-order valence-corrected chi connectivity index (χ2v) is 3.59. The zero-order valence-corrected chi connectivity index (χ0v) is 9.24. The molecule has 1 aromatic rings. The Morgan fingerprint density at radius 2 is 1.86 bits per heavy atom. The highest BCUT2D eigenvalue weighted by molar-refractivity contribution is 14.1. The van der Waals surface area contributed by atoms with Crippen molar-refractivity contribution in [3.63, 3.8) is 0 Å². The van der Waals surface area contributed by atoms with Crippen molar-refractivity contribution in [2.24, 2.45) is 5.73 Å². The lowest BCUT2D eigenvalue weighted by Gasteiger charge is -2.05. The Balaban J connectivity index is 2.70. The van der Waals surface area contributed by atoms with Crippen LogP contribution in [-0.2, 0) is 0 Å². The molecule has 3 amide bonds. The van der Waals surface area contributed by atoms with Crippen molar-refractivity contribution in [2.75, 3.05) is 0 Å². The summed E-state index contributed by atoms with van der Waals surface area (Å²) < 4.78 is 0.800. The molecule has 0 radical (unpaired) electrons. The Bertz CT molecular complexity index is 367. The van der Waals surface area contributed by atoms with E-state index in [4.69, 9.17) is 5.73 Å². The second kappa shape index (κ2) is 4.80. The number of nitrogens with one attached hydrogen (secondary N) is 2. The summed E-state index contributed by atoms with van der Waals surface area (Å²) in [6.07, 6.45) is 0. The minimum atomic E-state index is -0.802. The van der Waals surface area contributed by atoms with Crippen LogP contribution in [0.15, 0.2) is 24.3 Å². The summed E-state index contributed by atoms with van der Waals surface area (Å²) in [5.41, 5.74) is 9.46. The van der Waals surface area contributed by atoms with Crippen LogP contribution >= 0.6 is 22.6 Å². The molecule has 1 aromatic carbocycles. The number of carbonyl (C=O) groups is 2. The molecule has 6 heteroatoms.